The first kappa shape index (κ1) is 13.6. The van der Waals surface area contributed by atoms with Crippen LogP contribution in [0.15, 0.2) is 30.3 Å². The van der Waals surface area contributed by atoms with Crippen LogP contribution in [0.25, 0.3) is 6.08 Å². The molecule has 0 aliphatic carbocycles. The van der Waals surface area contributed by atoms with Crippen LogP contribution in [0.1, 0.15) is 22.8 Å². The van der Waals surface area contributed by atoms with Crippen molar-refractivity contribution < 1.29 is 19.1 Å². The quantitative estimate of drug-likeness (QED) is 0.363. The third-order valence-corrected chi connectivity index (χ3v) is 2.07. The smallest absolute Gasteiger partial charge is 0.379 e. The van der Waals surface area contributed by atoms with Gasteiger partial charge >= 0.3 is 5.97 Å². The highest BCUT2D eigenvalue weighted by atomic mass is 16.5. The lowest BCUT2D eigenvalue weighted by Gasteiger charge is -2.01. The average Bonchev–Trinajstić information content (AvgIpc) is 2.36. The summed E-state index contributed by atoms with van der Waals surface area (Å²) in [5, 5.41) is 0. The summed E-state index contributed by atoms with van der Waals surface area (Å²) in [5.74, 6) is -2.12. The Hall–Kier alpha value is -2.43. The third-order valence-electron chi connectivity index (χ3n) is 2.07. The molecule has 0 radical (unpaired) electrons. The minimum Gasteiger partial charge on any atom is -0.460 e. The third kappa shape index (κ3) is 3.86. The number of ketones is 1. The Morgan fingerprint density at radius 3 is 2.33 bits per heavy atom. The van der Waals surface area contributed by atoms with Crippen molar-refractivity contribution in [3.63, 3.8) is 0 Å². The molecular formula is C13H13NO4. The van der Waals surface area contributed by atoms with Gasteiger partial charge in [0.2, 0.25) is 5.91 Å². The lowest BCUT2D eigenvalue weighted by atomic mass is 10.1. The van der Waals surface area contributed by atoms with Gasteiger partial charge in [-0.15, -0.1) is 0 Å². The first-order valence-corrected chi connectivity index (χ1v) is 5.33. The zero-order chi connectivity index (χ0) is 13.5. The summed E-state index contributed by atoms with van der Waals surface area (Å²) >= 11 is 0. The summed E-state index contributed by atoms with van der Waals surface area (Å²) in [7, 11) is 0. The van der Waals surface area contributed by atoms with E-state index in [2.05, 4.69) is 4.74 Å². The second-order valence-electron chi connectivity index (χ2n) is 3.41. The molecule has 1 rings (SSSR count). The van der Waals surface area contributed by atoms with Gasteiger partial charge in [-0.3, -0.25) is 9.59 Å². The summed E-state index contributed by atoms with van der Waals surface area (Å²) in [6.45, 7) is 1.78. The molecule has 0 fully saturated rings. The molecule has 0 saturated carbocycles. The van der Waals surface area contributed by atoms with Gasteiger partial charge < -0.3 is 10.5 Å². The molecule has 0 aliphatic heterocycles. The highest BCUT2D eigenvalue weighted by Crippen LogP contribution is 2.07. The number of rotatable bonds is 5. The number of ether oxygens (including phenoxy) is 1. The molecule has 1 amide bonds. The number of nitrogens with two attached hydrogens (primary N) is 1. The highest BCUT2D eigenvalue weighted by molar-refractivity contribution is 6.40. The van der Waals surface area contributed by atoms with Crippen LogP contribution in [0.2, 0.25) is 0 Å². The van der Waals surface area contributed by atoms with Crippen LogP contribution in [-0.4, -0.2) is 24.3 Å². The molecule has 0 atom stereocenters. The Morgan fingerprint density at radius 1 is 1.22 bits per heavy atom. The first-order valence-electron chi connectivity index (χ1n) is 5.33. The average molecular weight is 247 g/mol. The predicted molar refractivity (Wildman–Crippen MR) is 65.6 cm³/mol. The number of benzene rings is 1. The van der Waals surface area contributed by atoms with Gasteiger partial charge in [0, 0.05) is 11.6 Å². The van der Waals surface area contributed by atoms with Crippen molar-refractivity contribution in [3.05, 3.63) is 41.5 Å². The normalized spacial score (nSPS) is 10.3. The van der Waals surface area contributed by atoms with E-state index >= 15 is 0 Å². The van der Waals surface area contributed by atoms with Crippen LogP contribution >= 0.6 is 0 Å². The van der Waals surface area contributed by atoms with Gasteiger partial charge in [-0.2, -0.15) is 0 Å². The number of esters is 1. The van der Waals surface area contributed by atoms with Crippen LogP contribution in [0.5, 0.6) is 0 Å². The second kappa shape index (κ2) is 6.34. The van der Waals surface area contributed by atoms with Crippen LogP contribution < -0.4 is 5.73 Å². The fourth-order valence-corrected chi connectivity index (χ4v) is 1.24. The molecule has 0 aliphatic rings. The lowest BCUT2D eigenvalue weighted by molar-refractivity contribution is -0.137. The summed E-state index contributed by atoms with van der Waals surface area (Å²) in [6, 6.07) is 6.18. The zero-order valence-corrected chi connectivity index (χ0v) is 9.88. The lowest BCUT2D eigenvalue weighted by Crippen LogP contribution is -2.17. The zero-order valence-electron chi connectivity index (χ0n) is 9.88. The van der Waals surface area contributed by atoms with E-state index in [1.807, 2.05) is 0 Å². The van der Waals surface area contributed by atoms with E-state index in [0.29, 0.717) is 5.56 Å². The molecule has 94 valence electrons. The van der Waals surface area contributed by atoms with E-state index in [1.165, 1.54) is 24.3 Å². The summed E-state index contributed by atoms with van der Waals surface area (Å²) in [4.78, 5) is 33.3. The Labute approximate surface area is 104 Å². The molecule has 0 heterocycles. The van der Waals surface area contributed by atoms with Crippen LogP contribution in [-0.2, 0) is 14.3 Å². The van der Waals surface area contributed by atoms with E-state index in [9.17, 15) is 14.4 Å². The maximum Gasteiger partial charge on any atom is 0.379 e. The highest BCUT2D eigenvalue weighted by Gasteiger charge is 2.16. The molecular weight excluding hydrogens is 234 g/mol. The fourth-order valence-electron chi connectivity index (χ4n) is 1.24. The van der Waals surface area contributed by atoms with Gasteiger partial charge in [-0.05, 0) is 18.6 Å². The van der Waals surface area contributed by atoms with Crippen molar-refractivity contribution in [1.29, 1.82) is 0 Å². The number of Topliss-reactive ketones (excluding diaryl/α,β-unsaturated/α-hetero) is 1. The fraction of sp³-hybridized carbons (Fsp3) is 0.154. The van der Waals surface area contributed by atoms with E-state index in [-0.39, 0.29) is 12.2 Å². The number of primary amides is 1. The summed E-state index contributed by atoms with van der Waals surface area (Å²) < 4.78 is 4.60. The van der Waals surface area contributed by atoms with E-state index in [4.69, 9.17) is 5.73 Å². The molecule has 0 spiro atoms. The van der Waals surface area contributed by atoms with Crippen molar-refractivity contribution in [2.45, 2.75) is 6.92 Å². The van der Waals surface area contributed by atoms with Crippen LogP contribution in [0.4, 0.5) is 0 Å². The van der Waals surface area contributed by atoms with Crippen LogP contribution in [0.3, 0.4) is 0 Å². The standard InChI is InChI=1S/C13H13NO4/c1-2-18-13(17)12(16)10-6-3-9(4-7-10)5-8-11(14)15/h3-8H,2H2,1H3,(H2,14,15). The molecule has 0 saturated heterocycles. The minimum absolute atomic E-state index is 0.157. The van der Waals surface area contributed by atoms with Gasteiger partial charge in [0.1, 0.15) is 0 Å². The number of amides is 1. The Kier molecular flexibility index (Phi) is 4.80. The van der Waals surface area contributed by atoms with Crippen molar-refractivity contribution in [3.8, 4) is 0 Å². The van der Waals surface area contributed by atoms with Crippen molar-refractivity contribution >= 4 is 23.7 Å². The molecule has 2 N–H and O–H groups in total. The number of hydrogen-bond donors (Lipinski definition) is 1. The molecule has 5 heteroatoms. The summed E-state index contributed by atoms with van der Waals surface area (Å²) in [5.41, 5.74) is 5.89. The predicted octanol–water partition coefficient (Wildman–Crippen LogP) is 0.931. The topological polar surface area (TPSA) is 86.5 Å². The Bertz CT molecular complexity index is 488. The monoisotopic (exact) mass is 247 g/mol. The maximum atomic E-state index is 11.5. The minimum atomic E-state index is -0.877. The van der Waals surface area contributed by atoms with E-state index < -0.39 is 17.7 Å². The Balaban J connectivity index is 2.79. The first-order chi connectivity index (χ1) is 8.54. The molecule has 0 bridgehead atoms. The van der Waals surface area contributed by atoms with Crippen molar-refractivity contribution in [2.24, 2.45) is 5.73 Å². The molecule has 5 nitrogen and oxygen atoms in total. The molecule has 0 unspecified atom stereocenters. The van der Waals surface area contributed by atoms with Gasteiger partial charge in [0.05, 0.1) is 6.61 Å². The molecule has 1 aromatic carbocycles. The summed E-state index contributed by atoms with van der Waals surface area (Å²) in [6.07, 6.45) is 2.73. The van der Waals surface area contributed by atoms with Gasteiger partial charge in [0.15, 0.2) is 0 Å². The van der Waals surface area contributed by atoms with Crippen LogP contribution in [0, 0.1) is 0 Å². The maximum absolute atomic E-state index is 11.5. The number of carbonyl (C=O) groups excluding carboxylic acids is 3. The Morgan fingerprint density at radius 2 is 1.83 bits per heavy atom. The van der Waals surface area contributed by atoms with Gasteiger partial charge in [0.25, 0.3) is 5.78 Å². The number of hydrogen-bond acceptors (Lipinski definition) is 4. The largest absolute Gasteiger partial charge is 0.460 e. The van der Waals surface area contributed by atoms with E-state index in [0.717, 1.165) is 0 Å². The number of carbonyl (C=O) groups is 3. The van der Waals surface area contributed by atoms with E-state index in [1.54, 1.807) is 19.1 Å². The second-order valence-corrected chi connectivity index (χ2v) is 3.41. The molecule has 18 heavy (non-hydrogen) atoms. The van der Waals surface area contributed by atoms with Crippen molar-refractivity contribution in [2.75, 3.05) is 6.61 Å². The van der Waals surface area contributed by atoms with Crippen molar-refractivity contribution in [1.82, 2.24) is 0 Å². The molecule has 1 aromatic rings. The van der Waals surface area contributed by atoms with Gasteiger partial charge in [-0.25, -0.2) is 4.79 Å². The SMILES string of the molecule is CCOC(=O)C(=O)c1ccc(C=CC(N)=O)cc1. The molecule has 0 aromatic heterocycles. The van der Waals surface area contributed by atoms with Gasteiger partial charge in [-0.1, -0.05) is 24.3 Å².